The molecule has 186 valence electrons. The summed E-state index contributed by atoms with van der Waals surface area (Å²) in [5.74, 6) is 4.24. The Morgan fingerprint density at radius 2 is 1.83 bits per heavy atom. The van der Waals surface area contributed by atoms with Gasteiger partial charge in [-0.25, -0.2) is 0 Å². The molecule has 6 atom stereocenters. The Bertz CT molecular complexity index is 1160. The van der Waals surface area contributed by atoms with Gasteiger partial charge in [0.1, 0.15) is 18.1 Å². The van der Waals surface area contributed by atoms with E-state index >= 15 is 0 Å². The number of phenols is 1. The number of benzene rings is 2. The number of ether oxygens (including phenoxy) is 1. The summed E-state index contributed by atoms with van der Waals surface area (Å²) >= 11 is 0. The Kier molecular flexibility index (Phi) is 7.55. The van der Waals surface area contributed by atoms with Crippen molar-refractivity contribution in [3.63, 3.8) is 0 Å². The van der Waals surface area contributed by atoms with E-state index in [4.69, 9.17) is 4.74 Å². The number of hydrogen-bond donors (Lipinski definition) is 1. The van der Waals surface area contributed by atoms with Gasteiger partial charge in [0.05, 0.1) is 5.56 Å². The largest absolute Gasteiger partial charge is 0.507 e. The Labute approximate surface area is 214 Å². The maximum absolute atomic E-state index is 12.6. The standard InChI is InChI=1S/C33H36O3/c1-2-23-13-14-24(20-23)15-16-27-21-26(29-11-6-12-30(27)29)10-7-19-36-28-17-18-31(32(34)22-28)33(35)25-8-4-3-5-9-25/h2-11,15-18,22-24,26-27,29-30,34H,1,12-14,19-21H2/b10-7-,16-15-. The lowest BCUT2D eigenvalue weighted by Gasteiger charge is -2.16. The molecule has 0 amide bonds. The van der Waals surface area contributed by atoms with Crippen molar-refractivity contribution in [2.45, 2.75) is 32.1 Å². The number of rotatable bonds is 9. The van der Waals surface area contributed by atoms with Gasteiger partial charge in [-0.15, -0.1) is 6.58 Å². The second-order valence-corrected chi connectivity index (χ2v) is 10.5. The number of carbonyl (C=O) groups excluding carboxylic acids is 1. The first-order chi connectivity index (χ1) is 17.6. The van der Waals surface area contributed by atoms with Gasteiger partial charge in [-0.1, -0.05) is 72.9 Å². The molecule has 2 fully saturated rings. The third-order valence-electron chi connectivity index (χ3n) is 8.31. The van der Waals surface area contributed by atoms with Gasteiger partial charge in [0.15, 0.2) is 5.78 Å². The molecular weight excluding hydrogens is 444 g/mol. The first-order valence-corrected chi connectivity index (χ1v) is 13.3. The lowest BCUT2D eigenvalue weighted by atomic mass is 9.89. The van der Waals surface area contributed by atoms with Crippen LogP contribution in [0.4, 0.5) is 0 Å². The quantitative estimate of drug-likeness (QED) is 0.298. The molecule has 0 aliphatic heterocycles. The molecule has 3 aliphatic rings. The zero-order chi connectivity index (χ0) is 24.9. The molecule has 3 heteroatoms. The van der Waals surface area contributed by atoms with Crippen LogP contribution in [0.1, 0.15) is 48.0 Å². The summed E-state index contributed by atoms with van der Waals surface area (Å²) in [5.41, 5.74) is 0.836. The molecule has 3 aliphatic carbocycles. The molecule has 6 unspecified atom stereocenters. The van der Waals surface area contributed by atoms with E-state index < -0.39 is 0 Å². The maximum atomic E-state index is 12.6. The van der Waals surface area contributed by atoms with Crippen molar-refractivity contribution in [1.82, 2.24) is 0 Å². The van der Waals surface area contributed by atoms with Crippen molar-refractivity contribution in [3.8, 4) is 11.5 Å². The number of hydrogen-bond acceptors (Lipinski definition) is 3. The van der Waals surface area contributed by atoms with E-state index in [0.29, 0.717) is 41.6 Å². The molecule has 0 bridgehead atoms. The molecule has 0 saturated heterocycles. The van der Waals surface area contributed by atoms with Gasteiger partial charge < -0.3 is 9.84 Å². The van der Waals surface area contributed by atoms with E-state index in [1.807, 2.05) is 18.2 Å². The van der Waals surface area contributed by atoms with Gasteiger partial charge in [-0.3, -0.25) is 4.79 Å². The average Bonchev–Trinajstić information content (AvgIpc) is 3.64. The third-order valence-corrected chi connectivity index (χ3v) is 8.31. The van der Waals surface area contributed by atoms with Crippen LogP contribution in [-0.2, 0) is 0 Å². The van der Waals surface area contributed by atoms with Crippen molar-refractivity contribution in [1.29, 1.82) is 0 Å². The highest BCUT2D eigenvalue weighted by Crippen LogP contribution is 2.49. The second-order valence-electron chi connectivity index (χ2n) is 10.5. The fourth-order valence-corrected chi connectivity index (χ4v) is 6.34. The zero-order valence-electron chi connectivity index (χ0n) is 20.8. The number of aromatic hydroxyl groups is 1. The van der Waals surface area contributed by atoms with Gasteiger partial charge in [-0.05, 0) is 79.7 Å². The number of phenolic OH excluding ortho intramolecular Hbond substituents is 1. The third kappa shape index (κ3) is 5.41. The molecule has 0 heterocycles. The summed E-state index contributed by atoms with van der Waals surface area (Å²) in [6, 6.07) is 13.9. The Hall–Kier alpha value is -3.33. The summed E-state index contributed by atoms with van der Waals surface area (Å²) in [7, 11) is 0. The van der Waals surface area contributed by atoms with Crippen molar-refractivity contribution >= 4 is 5.78 Å². The fourth-order valence-electron chi connectivity index (χ4n) is 6.34. The lowest BCUT2D eigenvalue weighted by molar-refractivity contribution is 0.103. The summed E-state index contributed by atoms with van der Waals surface area (Å²) in [6.07, 6.45) is 22.6. The van der Waals surface area contributed by atoms with E-state index in [-0.39, 0.29) is 17.1 Å². The van der Waals surface area contributed by atoms with Crippen molar-refractivity contribution in [2.75, 3.05) is 6.61 Å². The molecule has 0 radical (unpaired) electrons. The molecule has 2 aromatic carbocycles. The lowest BCUT2D eigenvalue weighted by Crippen LogP contribution is -2.09. The van der Waals surface area contributed by atoms with Crippen LogP contribution in [0.2, 0.25) is 0 Å². The van der Waals surface area contributed by atoms with E-state index in [9.17, 15) is 9.90 Å². The second kappa shape index (κ2) is 11.2. The van der Waals surface area contributed by atoms with Crippen molar-refractivity contribution < 1.29 is 14.6 Å². The predicted molar refractivity (Wildman–Crippen MR) is 145 cm³/mol. The van der Waals surface area contributed by atoms with Crippen LogP contribution in [0.25, 0.3) is 0 Å². The van der Waals surface area contributed by atoms with E-state index in [0.717, 1.165) is 11.8 Å². The zero-order valence-corrected chi connectivity index (χ0v) is 20.8. The first-order valence-electron chi connectivity index (χ1n) is 13.3. The summed E-state index contributed by atoms with van der Waals surface area (Å²) in [5, 5.41) is 10.4. The van der Waals surface area contributed by atoms with Crippen LogP contribution >= 0.6 is 0 Å². The molecule has 2 aromatic rings. The van der Waals surface area contributed by atoms with Crippen LogP contribution in [0.3, 0.4) is 0 Å². The smallest absolute Gasteiger partial charge is 0.196 e. The van der Waals surface area contributed by atoms with Gasteiger partial charge in [0, 0.05) is 11.6 Å². The van der Waals surface area contributed by atoms with Crippen molar-refractivity contribution in [2.24, 2.45) is 35.5 Å². The first kappa shape index (κ1) is 24.4. The van der Waals surface area contributed by atoms with Crippen LogP contribution in [0, 0.1) is 35.5 Å². The maximum Gasteiger partial charge on any atom is 0.196 e. The summed E-state index contributed by atoms with van der Waals surface area (Å²) in [6.45, 7) is 4.41. The van der Waals surface area contributed by atoms with Crippen LogP contribution < -0.4 is 4.74 Å². The number of ketones is 1. The highest BCUT2D eigenvalue weighted by Gasteiger charge is 2.41. The molecule has 1 N–H and O–H groups in total. The van der Waals surface area contributed by atoms with Gasteiger partial charge >= 0.3 is 0 Å². The monoisotopic (exact) mass is 480 g/mol. The fraction of sp³-hybridized carbons (Fsp3) is 0.364. The molecule has 3 nitrogen and oxygen atoms in total. The normalized spacial score (nSPS) is 29.2. The van der Waals surface area contributed by atoms with Gasteiger partial charge in [0.2, 0.25) is 0 Å². The average molecular weight is 481 g/mol. The van der Waals surface area contributed by atoms with Gasteiger partial charge in [0.25, 0.3) is 0 Å². The number of allylic oxidation sites excluding steroid dienone is 6. The molecule has 0 spiro atoms. The topological polar surface area (TPSA) is 46.5 Å². The van der Waals surface area contributed by atoms with Crippen LogP contribution in [0.15, 0.2) is 97.6 Å². The molecular formula is C33H36O3. The molecule has 36 heavy (non-hydrogen) atoms. The van der Waals surface area contributed by atoms with E-state index in [2.05, 4.69) is 49.1 Å². The predicted octanol–water partition coefficient (Wildman–Crippen LogP) is 7.55. The minimum Gasteiger partial charge on any atom is -0.507 e. The molecule has 5 rings (SSSR count). The van der Waals surface area contributed by atoms with Crippen LogP contribution in [0.5, 0.6) is 11.5 Å². The highest BCUT2D eigenvalue weighted by atomic mass is 16.5. The van der Waals surface area contributed by atoms with E-state index in [1.54, 1.807) is 24.3 Å². The Morgan fingerprint density at radius 1 is 1.00 bits per heavy atom. The summed E-state index contributed by atoms with van der Waals surface area (Å²) in [4.78, 5) is 12.6. The van der Waals surface area contributed by atoms with Crippen LogP contribution in [-0.4, -0.2) is 17.5 Å². The number of carbonyl (C=O) groups is 1. The van der Waals surface area contributed by atoms with Crippen molar-refractivity contribution in [3.05, 3.63) is 109 Å². The molecule has 2 saturated carbocycles. The SMILES string of the molecule is C=CC1CCC(/C=C\C2CC(/C=C\COc3ccc(C(=O)c4ccccc4)c(O)c3)C3C=CCC23)C1. The molecule has 0 aromatic heterocycles. The summed E-state index contributed by atoms with van der Waals surface area (Å²) < 4.78 is 5.86. The van der Waals surface area contributed by atoms with E-state index in [1.165, 1.54) is 38.2 Å². The number of fused-ring (bicyclic) bond motifs is 1. The minimum atomic E-state index is -0.197. The highest BCUT2D eigenvalue weighted by molar-refractivity contribution is 6.10. The van der Waals surface area contributed by atoms with Gasteiger partial charge in [-0.2, -0.15) is 0 Å². The minimum absolute atomic E-state index is 0.0589. The Morgan fingerprint density at radius 3 is 2.61 bits per heavy atom. The Balaban J connectivity index is 1.15.